The number of aliphatic carboxylic acids is 1. The molecule has 2 rings (SSSR count). The van der Waals surface area contributed by atoms with Crippen LogP contribution in [0.1, 0.15) is 32.6 Å². The quantitative estimate of drug-likeness (QED) is 0.508. The molecule has 3 atom stereocenters. The molecule has 2 unspecified atom stereocenters. The van der Waals surface area contributed by atoms with Crippen molar-refractivity contribution < 1.29 is 24.6 Å². The van der Waals surface area contributed by atoms with Crippen LogP contribution in [-0.4, -0.2) is 57.7 Å². The summed E-state index contributed by atoms with van der Waals surface area (Å²) in [5.74, 6) is -1.97. The fourth-order valence-corrected chi connectivity index (χ4v) is 2.34. The molecule has 2 amide bonds. The third-order valence-electron chi connectivity index (χ3n) is 3.82. The molecule has 1 heterocycles. The molecule has 1 aliphatic carbocycles. The number of hydrogen-bond acceptors (Lipinski definition) is 5. The minimum Gasteiger partial charge on any atom is -0.480 e. The van der Waals surface area contributed by atoms with Gasteiger partial charge in [0, 0.05) is 6.54 Å². The van der Waals surface area contributed by atoms with E-state index in [1.165, 1.54) is 11.9 Å². The number of carboxylic acids is 1. The molecular formula is C13H21N3O5. The van der Waals surface area contributed by atoms with E-state index in [2.05, 4.69) is 10.7 Å². The Labute approximate surface area is 122 Å². The van der Waals surface area contributed by atoms with Gasteiger partial charge in [0.05, 0.1) is 0 Å². The van der Waals surface area contributed by atoms with Gasteiger partial charge < -0.3 is 15.5 Å². The van der Waals surface area contributed by atoms with E-state index in [-0.39, 0.29) is 5.92 Å². The highest BCUT2D eigenvalue weighted by molar-refractivity contribution is 5.89. The Kier molecular flexibility index (Phi) is 4.79. The van der Waals surface area contributed by atoms with Crippen LogP contribution in [0.4, 0.5) is 0 Å². The second kappa shape index (κ2) is 6.40. The number of nitrogens with one attached hydrogen (secondary N) is 2. The van der Waals surface area contributed by atoms with Gasteiger partial charge in [-0.3, -0.25) is 19.4 Å². The number of hydrogen-bond donors (Lipinski definition) is 4. The van der Waals surface area contributed by atoms with Crippen molar-refractivity contribution in [3.63, 3.8) is 0 Å². The first kappa shape index (κ1) is 15.7. The van der Waals surface area contributed by atoms with E-state index in [1.54, 1.807) is 0 Å². The van der Waals surface area contributed by atoms with Gasteiger partial charge in [0.25, 0.3) is 5.91 Å². The van der Waals surface area contributed by atoms with Crippen LogP contribution in [0.5, 0.6) is 0 Å². The third kappa shape index (κ3) is 3.92. The van der Waals surface area contributed by atoms with Crippen molar-refractivity contribution in [1.82, 2.24) is 15.8 Å². The monoisotopic (exact) mass is 299 g/mol. The SMILES string of the molecule is CC(NC(=O)C(O)C1CC1)C(=O)N1CCC[C@@H](C(=O)O)N1. The Balaban J connectivity index is 1.86. The zero-order valence-electron chi connectivity index (χ0n) is 11.9. The average Bonchev–Trinajstić information content (AvgIpc) is 3.30. The summed E-state index contributed by atoms with van der Waals surface area (Å²) in [6.45, 7) is 1.92. The Morgan fingerprint density at radius 3 is 2.52 bits per heavy atom. The standard InChI is InChI=1S/C13H21N3O5/c1-7(14-11(18)10(17)8-4-5-8)12(19)16-6-2-3-9(15-16)13(20)21/h7-10,15,17H,2-6H2,1H3,(H,14,18)(H,20,21)/t7?,9-,10?/m0/s1. The van der Waals surface area contributed by atoms with Crippen LogP contribution >= 0.6 is 0 Å². The Morgan fingerprint density at radius 2 is 1.95 bits per heavy atom. The van der Waals surface area contributed by atoms with Gasteiger partial charge in [-0.15, -0.1) is 0 Å². The molecule has 1 aliphatic heterocycles. The summed E-state index contributed by atoms with van der Waals surface area (Å²) in [7, 11) is 0. The summed E-state index contributed by atoms with van der Waals surface area (Å²) >= 11 is 0. The second-order valence-electron chi connectivity index (χ2n) is 5.66. The van der Waals surface area contributed by atoms with Crippen molar-refractivity contribution in [2.45, 2.75) is 50.8 Å². The first-order valence-corrected chi connectivity index (χ1v) is 7.19. The van der Waals surface area contributed by atoms with Gasteiger partial charge in [-0.1, -0.05) is 0 Å². The van der Waals surface area contributed by atoms with Crippen molar-refractivity contribution in [2.24, 2.45) is 5.92 Å². The van der Waals surface area contributed by atoms with Crippen molar-refractivity contribution in [3.8, 4) is 0 Å². The largest absolute Gasteiger partial charge is 0.480 e. The van der Waals surface area contributed by atoms with E-state index in [4.69, 9.17) is 5.11 Å². The third-order valence-corrected chi connectivity index (χ3v) is 3.82. The van der Waals surface area contributed by atoms with E-state index in [1.807, 2.05) is 0 Å². The van der Waals surface area contributed by atoms with Gasteiger partial charge in [0.15, 0.2) is 0 Å². The van der Waals surface area contributed by atoms with Gasteiger partial charge in [0.2, 0.25) is 5.91 Å². The maximum Gasteiger partial charge on any atom is 0.322 e. The molecule has 0 aromatic heterocycles. The smallest absolute Gasteiger partial charge is 0.322 e. The molecule has 2 aliphatic rings. The van der Waals surface area contributed by atoms with Crippen LogP contribution in [0.2, 0.25) is 0 Å². The van der Waals surface area contributed by atoms with Gasteiger partial charge in [0.1, 0.15) is 18.2 Å². The Morgan fingerprint density at radius 1 is 1.29 bits per heavy atom. The first-order valence-electron chi connectivity index (χ1n) is 7.19. The number of carboxylic acid groups (broad SMARTS) is 1. The Hall–Kier alpha value is -1.67. The summed E-state index contributed by atoms with van der Waals surface area (Å²) in [4.78, 5) is 34.9. The average molecular weight is 299 g/mol. The van der Waals surface area contributed by atoms with Crippen LogP contribution in [0, 0.1) is 5.92 Å². The zero-order chi connectivity index (χ0) is 15.6. The molecule has 0 aromatic rings. The number of carbonyl (C=O) groups is 3. The topological polar surface area (TPSA) is 119 Å². The predicted octanol–water partition coefficient (Wildman–Crippen LogP) is -1.16. The molecule has 118 valence electrons. The number of nitrogens with zero attached hydrogens (tertiary/aromatic N) is 1. The summed E-state index contributed by atoms with van der Waals surface area (Å²) in [6, 6.07) is -1.60. The second-order valence-corrected chi connectivity index (χ2v) is 5.66. The lowest BCUT2D eigenvalue weighted by molar-refractivity contribution is -0.149. The van der Waals surface area contributed by atoms with Crippen molar-refractivity contribution in [3.05, 3.63) is 0 Å². The lowest BCUT2D eigenvalue weighted by atomic mass is 10.1. The number of carbonyl (C=O) groups excluding carboxylic acids is 2. The maximum atomic E-state index is 12.2. The number of rotatable bonds is 5. The van der Waals surface area contributed by atoms with Crippen LogP contribution in [0.15, 0.2) is 0 Å². The van der Waals surface area contributed by atoms with Crippen LogP contribution in [0.3, 0.4) is 0 Å². The van der Waals surface area contributed by atoms with E-state index < -0.39 is 36.0 Å². The molecule has 0 spiro atoms. The highest BCUT2D eigenvalue weighted by atomic mass is 16.4. The van der Waals surface area contributed by atoms with Gasteiger partial charge in [-0.25, -0.2) is 5.43 Å². The Bertz CT molecular complexity index is 438. The predicted molar refractivity (Wildman–Crippen MR) is 71.8 cm³/mol. The van der Waals surface area contributed by atoms with Gasteiger partial charge >= 0.3 is 5.97 Å². The van der Waals surface area contributed by atoms with Crippen molar-refractivity contribution in [2.75, 3.05) is 6.54 Å². The lowest BCUT2D eigenvalue weighted by Crippen LogP contribution is -2.59. The zero-order valence-corrected chi connectivity index (χ0v) is 11.9. The molecule has 1 saturated carbocycles. The van der Waals surface area contributed by atoms with Crippen LogP contribution in [-0.2, 0) is 14.4 Å². The normalized spacial score (nSPS) is 25.0. The van der Waals surface area contributed by atoms with Gasteiger partial charge in [-0.2, -0.15) is 0 Å². The number of aliphatic hydroxyl groups excluding tert-OH is 1. The minimum absolute atomic E-state index is 0.00296. The van der Waals surface area contributed by atoms with Crippen LogP contribution in [0.25, 0.3) is 0 Å². The van der Waals surface area contributed by atoms with Crippen molar-refractivity contribution in [1.29, 1.82) is 0 Å². The summed E-state index contributed by atoms with van der Waals surface area (Å²) < 4.78 is 0. The van der Waals surface area contributed by atoms with Crippen molar-refractivity contribution >= 4 is 17.8 Å². The molecule has 21 heavy (non-hydrogen) atoms. The van der Waals surface area contributed by atoms with E-state index in [0.717, 1.165) is 12.8 Å². The van der Waals surface area contributed by atoms with Gasteiger partial charge in [-0.05, 0) is 38.5 Å². The molecule has 0 aromatic carbocycles. The number of hydrazine groups is 1. The molecule has 1 saturated heterocycles. The molecule has 2 fully saturated rings. The van der Waals surface area contributed by atoms with Crippen LogP contribution < -0.4 is 10.7 Å². The molecule has 0 radical (unpaired) electrons. The number of amides is 2. The molecule has 0 bridgehead atoms. The summed E-state index contributed by atoms with van der Waals surface area (Å²) in [5.41, 5.74) is 2.64. The molecule has 8 nitrogen and oxygen atoms in total. The maximum absolute atomic E-state index is 12.2. The van der Waals surface area contributed by atoms with E-state index in [0.29, 0.717) is 19.4 Å². The highest BCUT2D eigenvalue weighted by Gasteiger charge is 2.36. The number of aliphatic hydroxyl groups is 1. The first-order chi connectivity index (χ1) is 9.90. The molecular weight excluding hydrogens is 278 g/mol. The lowest BCUT2D eigenvalue weighted by Gasteiger charge is -2.33. The fraction of sp³-hybridized carbons (Fsp3) is 0.769. The minimum atomic E-state index is -1.07. The molecule has 4 N–H and O–H groups in total. The summed E-state index contributed by atoms with van der Waals surface area (Å²) in [6.07, 6.45) is 1.62. The summed E-state index contributed by atoms with van der Waals surface area (Å²) in [5, 5.41) is 22.3. The molecule has 8 heteroatoms. The van der Waals surface area contributed by atoms with E-state index >= 15 is 0 Å². The van der Waals surface area contributed by atoms with E-state index in [9.17, 15) is 19.5 Å². The highest BCUT2D eigenvalue weighted by Crippen LogP contribution is 2.32. The fourth-order valence-electron chi connectivity index (χ4n) is 2.34.